The summed E-state index contributed by atoms with van der Waals surface area (Å²) in [5.41, 5.74) is 7.53. The molecule has 3 rings (SSSR count). The molecular formula is C20H21N3O4. The van der Waals surface area contributed by atoms with Crippen molar-refractivity contribution in [2.24, 2.45) is 5.73 Å². The SMILES string of the molecule is C#Cc1cccc(-c2cc(OC)cc(C(N)=O)n2)c1.CN1CC[C@H](O)C1=O. The quantitative estimate of drug-likeness (QED) is 0.789. The molecule has 0 bridgehead atoms. The number of likely N-dealkylation sites (N-methyl/N-ethyl adjacent to an activating group) is 1. The molecule has 0 aliphatic carbocycles. The summed E-state index contributed by atoms with van der Waals surface area (Å²) >= 11 is 0. The Morgan fingerprint density at radius 1 is 1.41 bits per heavy atom. The zero-order valence-corrected chi connectivity index (χ0v) is 15.2. The van der Waals surface area contributed by atoms with E-state index in [-0.39, 0.29) is 11.6 Å². The average molecular weight is 367 g/mol. The fourth-order valence-electron chi connectivity index (χ4n) is 2.47. The number of likely N-dealkylation sites (tertiary alicyclic amines) is 1. The van der Waals surface area contributed by atoms with Crippen LogP contribution in [-0.4, -0.2) is 53.6 Å². The molecule has 140 valence electrons. The van der Waals surface area contributed by atoms with Gasteiger partial charge in [0, 0.05) is 36.9 Å². The van der Waals surface area contributed by atoms with Gasteiger partial charge in [0.1, 0.15) is 17.5 Å². The molecule has 0 saturated carbocycles. The van der Waals surface area contributed by atoms with Crippen LogP contribution in [0.25, 0.3) is 11.3 Å². The van der Waals surface area contributed by atoms with E-state index in [0.717, 1.165) is 11.1 Å². The summed E-state index contributed by atoms with van der Waals surface area (Å²) in [4.78, 5) is 27.6. The molecular weight excluding hydrogens is 346 g/mol. The Kier molecular flexibility index (Phi) is 6.52. The summed E-state index contributed by atoms with van der Waals surface area (Å²) in [7, 11) is 3.21. The van der Waals surface area contributed by atoms with E-state index in [1.807, 2.05) is 24.3 Å². The number of primary amides is 1. The molecule has 1 aliphatic rings. The van der Waals surface area contributed by atoms with Crippen molar-refractivity contribution in [2.75, 3.05) is 20.7 Å². The fraction of sp³-hybridized carbons (Fsp3) is 0.250. The molecule has 1 atom stereocenters. The number of pyridine rings is 1. The van der Waals surface area contributed by atoms with Gasteiger partial charge in [0.25, 0.3) is 11.8 Å². The molecule has 27 heavy (non-hydrogen) atoms. The first-order valence-electron chi connectivity index (χ1n) is 8.21. The Hall–Kier alpha value is -3.37. The molecule has 0 unspecified atom stereocenters. The highest BCUT2D eigenvalue weighted by Crippen LogP contribution is 2.23. The summed E-state index contributed by atoms with van der Waals surface area (Å²) in [6.45, 7) is 0.694. The lowest BCUT2D eigenvalue weighted by atomic mass is 10.1. The number of hydrogen-bond donors (Lipinski definition) is 2. The van der Waals surface area contributed by atoms with Crippen LogP contribution in [0.2, 0.25) is 0 Å². The lowest BCUT2D eigenvalue weighted by molar-refractivity contribution is -0.133. The van der Waals surface area contributed by atoms with Gasteiger partial charge in [0.05, 0.1) is 12.8 Å². The highest BCUT2D eigenvalue weighted by molar-refractivity contribution is 5.92. The van der Waals surface area contributed by atoms with Crippen molar-refractivity contribution in [1.29, 1.82) is 0 Å². The third kappa shape index (κ3) is 5.06. The normalized spacial score (nSPS) is 15.6. The molecule has 7 heteroatoms. The number of amides is 2. The van der Waals surface area contributed by atoms with Crippen LogP contribution in [0.5, 0.6) is 5.75 Å². The van der Waals surface area contributed by atoms with Gasteiger partial charge in [-0.1, -0.05) is 18.1 Å². The highest BCUT2D eigenvalue weighted by atomic mass is 16.5. The maximum Gasteiger partial charge on any atom is 0.267 e. The zero-order valence-electron chi connectivity index (χ0n) is 15.2. The van der Waals surface area contributed by atoms with Gasteiger partial charge >= 0.3 is 0 Å². The Balaban J connectivity index is 0.000000273. The van der Waals surface area contributed by atoms with Gasteiger partial charge in [-0.05, 0) is 18.6 Å². The predicted octanol–water partition coefficient (Wildman–Crippen LogP) is 1.05. The number of aliphatic hydroxyl groups excluding tert-OH is 1. The first-order chi connectivity index (χ1) is 12.8. The number of terminal acetylenes is 1. The standard InChI is InChI=1S/C15H12N2O2.C5H9NO2/c1-3-10-5-4-6-11(7-10)13-8-12(19-2)9-14(17-13)15(16)18;1-6-3-2-4(7)5(6)8/h1,4-9H,2H3,(H2,16,18);4,7H,2-3H2,1H3/t;4-/m.0/s1. The van der Waals surface area contributed by atoms with Gasteiger partial charge in [-0.25, -0.2) is 4.98 Å². The van der Waals surface area contributed by atoms with E-state index in [1.54, 1.807) is 13.1 Å². The van der Waals surface area contributed by atoms with E-state index in [0.29, 0.717) is 24.4 Å². The summed E-state index contributed by atoms with van der Waals surface area (Å²) < 4.78 is 5.14. The molecule has 2 amide bonds. The van der Waals surface area contributed by atoms with E-state index < -0.39 is 12.0 Å². The predicted molar refractivity (Wildman–Crippen MR) is 101 cm³/mol. The third-order valence-electron chi connectivity index (χ3n) is 4.01. The number of hydrogen-bond acceptors (Lipinski definition) is 5. The highest BCUT2D eigenvalue weighted by Gasteiger charge is 2.25. The Labute approximate surface area is 157 Å². The largest absolute Gasteiger partial charge is 0.497 e. The number of benzene rings is 1. The second-order valence-corrected chi connectivity index (χ2v) is 5.93. The van der Waals surface area contributed by atoms with Gasteiger partial charge in [0.15, 0.2) is 0 Å². The molecule has 2 heterocycles. The lowest BCUT2D eigenvalue weighted by Gasteiger charge is -2.07. The number of carbonyl (C=O) groups is 2. The van der Waals surface area contributed by atoms with E-state index in [4.69, 9.17) is 22.0 Å². The molecule has 0 radical (unpaired) electrons. The Morgan fingerprint density at radius 3 is 2.63 bits per heavy atom. The molecule has 3 N–H and O–H groups in total. The number of rotatable bonds is 3. The van der Waals surface area contributed by atoms with Gasteiger partial charge in [-0.2, -0.15) is 0 Å². The van der Waals surface area contributed by atoms with Crippen LogP contribution in [-0.2, 0) is 4.79 Å². The Bertz CT molecular complexity index is 877. The number of carbonyl (C=O) groups excluding carboxylic acids is 2. The minimum atomic E-state index is -0.722. The number of aliphatic hydroxyl groups is 1. The smallest absolute Gasteiger partial charge is 0.267 e. The summed E-state index contributed by atoms with van der Waals surface area (Å²) in [6.07, 6.45) is 5.23. The van der Waals surface area contributed by atoms with E-state index >= 15 is 0 Å². The number of aromatic nitrogens is 1. The first kappa shape index (κ1) is 19.9. The maximum atomic E-state index is 11.2. The van der Waals surface area contributed by atoms with E-state index in [2.05, 4.69) is 10.9 Å². The number of nitrogens with zero attached hydrogens (tertiary/aromatic N) is 2. The molecule has 2 aromatic rings. The summed E-state index contributed by atoms with van der Waals surface area (Å²) in [6, 6.07) is 10.5. The average Bonchev–Trinajstić information content (AvgIpc) is 2.99. The number of nitrogens with two attached hydrogens (primary N) is 1. The third-order valence-corrected chi connectivity index (χ3v) is 4.01. The van der Waals surface area contributed by atoms with Crippen LogP contribution < -0.4 is 10.5 Å². The molecule has 1 aromatic carbocycles. The lowest BCUT2D eigenvalue weighted by Crippen LogP contribution is -2.24. The van der Waals surface area contributed by atoms with Crippen LogP contribution in [0.4, 0.5) is 0 Å². The maximum absolute atomic E-state index is 11.2. The van der Waals surface area contributed by atoms with Gasteiger partial charge < -0.3 is 20.5 Å². The van der Waals surface area contributed by atoms with Crippen molar-refractivity contribution in [3.05, 3.63) is 47.7 Å². The van der Waals surface area contributed by atoms with Crippen molar-refractivity contribution in [2.45, 2.75) is 12.5 Å². The Morgan fingerprint density at radius 2 is 2.15 bits per heavy atom. The van der Waals surface area contributed by atoms with E-state index in [9.17, 15) is 9.59 Å². The van der Waals surface area contributed by atoms with Crippen molar-refractivity contribution in [1.82, 2.24) is 9.88 Å². The van der Waals surface area contributed by atoms with Crippen molar-refractivity contribution < 1.29 is 19.4 Å². The first-order valence-corrected chi connectivity index (χ1v) is 8.21. The summed E-state index contributed by atoms with van der Waals surface area (Å²) in [5.74, 6) is 2.32. The monoisotopic (exact) mass is 367 g/mol. The number of ether oxygens (including phenoxy) is 1. The second kappa shape index (κ2) is 8.83. The molecule has 1 fully saturated rings. The molecule has 7 nitrogen and oxygen atoms in total. The van der Waals surface area contributed by atoms with Crippen LogP contribution in [0.1, 0.15) is 22.5 Å². The van der Waals surface area contributed by atoms with Crippen LogP contribution in [0, 0.1) is 12.3 Å². The minimum absolute atomic E-state index is 0.148. The molecule has 1 saturated heterocycles. The molecule has 1 aliphatic heterocycles. The van der Waals surface area contributed by atoms with E-state index in [1.165, 1.54) is 18.1 Å². The van der Waals surface area contributed by atoms with Crippen molar-refractivity contribution in [3.8, 4) is 29.4 Å². The summed E-state index contributed by atoms with van der Waals surface area (Å²) in [5, 5.41) is 8.78. The second-order valence-electron chi connectivity index (χ2n) is 5.93. The molecule has 0 spiro atoms. The topological polar surface area (TPSA) is 106 Å². The van der Waals surface area contributed by atoms with Crippen molar-refractivity contribution >= 4 is 11.8 Å². The molecule has 1 aromatic heterocycles. The van der Waals surface area contributed by atoms with Gasteiger partial charge in [-0.3, -0.25) is 9.59 Å². The zero-order chi connectivity index (χ0) is 20.0. The van der Waals surface area contributed by atoms with Crippen LogP contribution >= 0.6 is 0 Å². The number of methoxy groups -OCH3 is 1. The van der Waals surface area contributed by atoms with Gasteiger partial charge in [0.2, 0.25) is 0 Å². The minimum Gasteiger partial charge on any atom is -0.497 e. The fourth-order valence-corrected chi connectivity index (χ4v) is 2.47. The van der Waals surface area contributed by atoms with Gasteiger partial charge in [-0.15, -0.1) is 6.42 Å². The van der Waals surface area contributed by atoms with Crippen molar-refractivity contribution in [3.63, 3.8) is 0 Å². The van der Waals surface area contributed by atoms with Crippen LogP contribution in [0.3, 0.4) is 0 Å². The van der Waals surface area contributed by atoms with Crippen LogP contribution in [0.15, 0.2) is 36.4 Å².